The van der Waals surface area contributed by atoms with Crippen LogP contribution < -0.4 is 5.32 Å². The summed E-state index contributed by atoms with van der Waals surface area (Å²) in [4.78, 5) is 11.1. The lowest BCUT2D eigenvalue weighted by atomic mass is 9.72. The van der Waals surface area contributed by atoms with Crippen molar-refractivity contribution in [3.8, 4) is 0 Å². The maximum Gasteiger partial charge on any atom is 0.311 e. The predicted octanol–water partition coefficient (Wildman–Crippen LogP) is 2.34. The maximum atomic E-state index is 11.1. The number of hydrogen-bond acceptors (Lipinski definition) is 2. The number of nitrogens with one attached hydrogen (secondary N) is 1. The van der Waals surface area contributed by atoms with Gasteiger partial charge in [0.2, 0.25) is 0 Å². The molecule has 1 saturated heterocycles. The molecule has 0 bridgehead atoms. The van der Waals surface area contributed by atoms with Gasteiger partial charge in [-0.2, -0.15) is 0 Å². The van der Waals surface area contributed by atoms with Crippen molar-refractivity contribution in [2.45, 2.75) is 33.6 Å². The first kappa shape index (κ1) is 14.7. The molecule has 0 unspecified atom stereocenters. The Hall–Kier alpha value is -0.280. The van der Waals surface area contributed by atoms with Crippen LogP contribution in [0.5, 0.6) is 0 Å². The number of carbonyl (C=O) groups is 1. The molecule has 1 fully saturated rings. The number of rotatable bonds is 2. The molecule has 0 saturated carbocycles. The minimum Gasteiger partial charge on any atom is -0.481 e. The molecule has 15 heavy (non-hydrogen) atoms. The Morgan fingerprint density at radius 1 is 1.60 bits per heavy atom. The van der Waals surface area contributed by atoms with Crippen LogP contribution in [0.3, 0.4) is 0 Å². The second-order valence-electron chi connectivity index (χ2n) is 4.16. The van der Waals surface area contributed by atoms with Crippen molar-refractivity contribution in [2.24, 2.45) is 11.3 Å². The summed E-state index contributed by atoms with van der Waals surface area (Å²) >= 11 is 5.00. The third kappa shape index (κ3) is 3.99. The highest BCUT2D eigenvalue weighted by atomic mass is 35.5. The highest BCUT2D eigenvalue weighted by molar-refractivity contribution is 6.17. The van der Waals surface area contributed by atoms with Crippen molar-refractivity contribution in [2.75, 3.05) is 19.0 Å². The normalized spacial score (nSPS) is 25.7. The number of carboxylic acid groups (broad SMARTS) is 1. The standard InChI is InChI=1S/C9H17NO2.C2H5Cl/c1-7(2)9(8(11)12)4-3-5-10-6-9;1-2-3/h7,10H,3-6H2,1-2H3,(H,11,12);2H2,1H3/t9-;/m1./s1. The Morgan fingerprint density at radius 2 is 2.13 bits per heavy atom. The van der Waals surface area contributed by atoms with Crippen LogP contribution in [-0.2, 0) is 4.79 Å². The van der Waals surface area contributed by atoms with Crippen LogP contribution in [-0.4, -0.2) is 30.0 Å². The molecule has 1 heterocycles. The van der Waals surface area contributed by atoms with Crippen LogP contribution in [0.2, 0.25) is 0 Å². The molecular formula is C11H22ClNO2. The van der Waals surface area contributed by atoms with Gasteiger partial charge in [-0.1, -0.05) is 20.8 Å². The van der Waals surface area contributed by atoms with Crippen LogP contribution in [0, 0.1) is 11.3 Å². The maximum absolute atomic E-state index is 11.1. The van der Waals surface area contributed by atoms with E-state index in [1.54, 1.807) is 0 Å². The fraction of sp³-hybridized carbons (Fsp3) is 0.909. The number of hydrogen-bond donors (Lipinski definition) is 2. The van der Waals surface area contributed by atoms with Gasteiger partial charge in [-0.15, -0.1) is 11.6 Å². The number of alkyl halides is 1. The molecule has 0 amide bonds. The SMILES string of the molecule is CC(C)[C@@]1(C(=O)O)CCCNC1.CCCl. The lowest BCUT2D eigenvalue weighted by Crippen LogP contribution is -2.48. The molecule has 90 valence electrons. The Balaban J connectivity index is 0.000000583. The van der Waals surface area contributed by atoms with Crippen LogP contribution in [0.15, 0.2) is 0 Å². The fourth-order valence-corrected chi connectivity index (χ4v) is 1.85. The van der Waals surface area contributed by atoms with E-state index in [9.17, 15) is 4.79 Å². The second-order valence-corrected chi connectivity index (χ2v) is 4.70. The third-order valence-electron chi connectivity index (χ3n) is 2.95. The predicted molar refractivity (Wildman–Crippen MR) is 63.4 cm³/mol. The molecule has 0 aliphatic carbocycles. The zero-order valence-corrected chi connectivity index (χ0v) is 10.6. The van der Waals surface area contributed by atoms with Gasteiger partial charge in [-0.3, -0.25) is 4.79 Å². The van der Waals surface area contributed by atoms with E-state index in [4.69, 9.17) is 16.7 Å². The van der Waals surface area contributed by atoms with Crippen molar-refractivity contribution >= 4 is 17.6 Å². The van der Waals surface area contributed by atoms with Crippen LogP contribution in [0.25, 0.3) is 0 Å². The van der Waals surface area contributed by atoms with Crippen LogP contribution >= 0.6 is 11.6 Å². The van der Waals surface area contributed by atoms with E-state index in [1.165, 1.54) is 0 Å². The summed E-state index contributed by atoms with van der Waals surface area (Å²) in [6.45, 7) is 7.45. The smallest absolute Gasteiger partial charge is 0.311 e. The van der Waals surface area contributed by atoms with Gasteiger partial charge in [0, 0.05) is 12.4 Å². The first-order chi connectivity index (χ1) is 7.01. The Kier molecular flexibility index (Phi) is 6.94. The zero-order chi connectivity index (χ0) is 11.9. The Morgan fingerprint density at radius 3 is 2.33 bits per heavy atom. The molecule has 0 aromatic heterocycles. The molecule has 3 nitrogen and oxygen atoms in total. The first-order valence-electron chi connectivity index (χ1n) is 5.51. The van der Waals surface area contributed by atoms with Gasteiger partial charge >= 0.3 is 5.97 Å². The van der Waals surface area contributed by atoms with Crippen LogP contribution in [0.1, 0.15) is 33.6 Å². The van der Waals surface area contributed by atoms with E-state index in [-0.39, 0.29) is 5.92 Å². The quantitative estimate of drug-likeness (QED) is 0.723. The van der Waals surface area contributed by atoms with E-state index in [1.807, 2.05) is 20.8 Å². The molecule has 1 aliphatic rings. The Labute approximate surface area is 97.2 Å². The molecule has 1 atom stereocenters. The molecule has 0 aromatic rings. The number of halogens is 1. The molecule has 0 radical (unpaired) electrons. The largest absolute Gasteiger partial charge is 0.481 e. The summed E-state index contributed by atoms with van der Waals surface area (Å²) in [6.07, 6.45) is 1.79. The summed E-state index contributed by atoms with van der Waals surface area (Å²) in [5.74, 6) is 0.285. The highest BCUT2D eigenvalue weighted by Crippen LogP contribution is 2.34. The van der Waals surface area contributed by atoms with Crippen molar-refractivity contribution in [1.82, 2.24) is 5.32 Å². The second kappa shape index (κ2) is 7.07. The van der Waals surface area contributed by atoms with Gasteiger partial charge in [-0.05, 0) is 25.3 Å². The first-order valence-corrected chi connectivity index (χ1v) is 6.04. The van der Waals surface area contributed by atoms with Gasteiger partial charge in [-0.25, -0.2) is 0 Å². The van der Waals surface area contributed by atoms with E-state index in [2.05, 4.69) is 5.32 Å². The highest BCUT2D eigenvalue weighted by Gasteiger charge is 2.42. The van der Waals surface area contributed by atoms with E-state index >= 15 is 0 Å². The fourth-order valence-electron chi connectivity index (χ4n) is 1.85. The van der Waals surface area contributed by atoms with Crippen molar-refractivity contribution < 1.29 is 9.90 Å². The molecule has 0 spiro atoms. The van der Waals surface area contributed by atoms with E-state index in [0.717, 1.165) is 25.3 Å². The monoisotopic (exact) mass is 235 g/mol. The summed E-state index contributed by atoms with van der Waals surface area (Å²) in [6, 6.07) is 0. The zero-order valence-electron chi connectivity index (χ0n) is 9.85. The topological polar surface area (TPSA) is 49.3 Å². The summed E-state index contributed by atoms with van der Waals surface area (Å²) in [7, 11) is 0. The van der Waals surface area contributed by atoms with Gasteiger partial charge < -0.3 is 10.4 Å². The van der Waals surface area contributed by atoms with E-state index in [0.29, 0.717) is 6.54 Å². The Bertz CT molecular complexity index is 189. The van der Waals surface area contributed by atoms with Gasteiger partial charge in [0.1, 0.15) is 0 Å². The third-order valence-corrected chi connectivity index (χ3v) is 2.95. The van der Waals surface area contributed by atoms with Crippen molar-refractivity contribution in [3.05, 3.63) is 0 Å². The number of carboxylic acids is 1. The number of piperidine rings is 1. The average Bonchev–Trinajstić information content (AvgIpc) is 2.19. The van der Waals surface area contributed by atoms with Gasteiger partial charge in [0.25, 0.3) is 0 Å². The minimum atomic E-state index is -0.648. The van der Waals surface area contributed by atoms with Crippen LogP contribution in [0.4, 0.5) is 0 Å². The van der Waals surface area contributed by atoms with Gasteiger partial charge in [0.15, 0.2) is 0 Å². The summed E-state index contributed by atoms with van der Waals surface area (Å²) in [5, 5.41) is 12.3. The molecule has 1 rings (SSSR count). The number of aliphatic carboxylic acids is 1. The van der Waals surface area contributed by atoms with Crippen molar-refractivity contribution in [1.29, 1.82) is 0 Å². The van der Waals surface area contributed by atoms with E-state index < -0.39 is 11.4 Å². The summed E-state index contributed by atoms with van der Waals surface area (Å²) in [5.41, 5.74) is -0.516. The lowest BCUT2D eigenvalue weighted by molar-refractivity contribution is -0.153. The molecule has 0 aromatic carbocycles. The molecular weight excluding hydrogens is 214 g/mol. The molecule has 4 heteroatoms. The van der Waals surface area contributed by atoms with Gasteiger partial charge in [0.05, 0.1) is 5.41 Å². The minimum absolute atomic E-state index is 0.211. The summed E-state index contributed by atoms with van der Waals surface area (Å²) < 4.78 is 0. The van der Waals surface area contributed by atoms with Crippen molar-refractivity contribution in [3.63, 3.8) is 0 Å². The molecule has 2 N–H and O–H groups in total. The average molecular weight is 236 g/mol. The lowest BCUT2D eigenvalue weighted by Gasteiger charge is -2.37. The molecule has 1 aliphatic heterocycles.